The molecule has 32 heavy (non-hydrogen) atoms. The first-order chi connectivity index (χ1) is 15.4. The van der Waals surface area contributed by atoms with E-state index in [-0.39, 0.29) is 6.61 Å². The van der Waals surface area contributed by atoms with Gasteiger partial charge in [-0.1, -0.05) is 41.9 Å². The van der Waals surface area contributed by atoms with Gasteiger partial charge in [0.15, 0.2) is 6.61 Å². The fourth-order valence-corrected chi connectivity index (χ4v) is 4.97. The van der Waals surface area contributed by atoms with E-state index in [9.17, 15) is 9.59 Å². The number of carbonyl (C=O) groups is 2. The van der Waals surface area contributed by atoms with Crippen LogP contribution in [0.5, 0.6) is 5.75 Å². The summed E-state index contributed by atoms with van der Waals surface area (Å²) in [6.07, 6.45) is 0.127. The zero-order valence-electron chi connectivity index (χ0n) is 17.3. The van der Waals surface area contributed by atoms with Crippen molar-refractivity contribution in [2.45, 2.75) is 26.0 Å². The highest BCUT2D eigenvalue weighted by molar-refractivity contribution is 7.11. The van der Waals surface area contributed by atoms with Crippen LogP contribution in [0.1, 0.15) is 32.7 Å². The molecule has 0 unspecified atom stereocenters. The molecule has 0 saturated heterocycles. The molecule has 3 aromatic rings. The third-order valence-electron chi connectivity index (χ3n) is 5.04. The van der Waals surface area contributed by atoms with Crippen molar-refractivity contribution >= 4 is 35.0 Å². The Hall–Kier alpha value is -3.10. The Morgan fingerprint density at radius 3 is 2.78 bits per heavy atom. The number of hydrogen-bond donors (Lipinski definition) is 1. The highest BCUT2D eigenvalue weighted by Gasteiger charge is 2.37. The molecular weight excluding hydrogens is 452 g/mol. The average Bonchev–Trinajstić information content (AvgIpc) is 3.16. The minimum Gasteiger partial charge on any atom is -0.482 e. The minimum atomic E-state index is -1.09. The molecule has 0 bridgehead atoms. The van der Waals surface area contributed by atoms with Crippen LogP contribution in [-0.2, 0) is 22.6 Å². The van der Waals surface area contributed by atoms with Crippen LogP contribution in [0.3, 0.4) is 0 Å². The Morgan fingerprint density at radius 1 is 1.25 bits per heavy atom. The number of amides is 1. The van der Waals surface area contributed by atoms with Crippen molar-refractivity contribution in [2.24, 2.45) is 0 Å². The predicted molar refractivity (Wildman–Crippen MR) is 120 cm³/mol. The van der Waals surface area contributed by atoms with E-state index in [0.29, 0.717) is 29.3 Å². The molecule has 0 spiro atoms. The first-order valence-corrected chi connectivity index (χ1v) is 11.2. The van der Waals surface area contributed by atoms with E-state index in [0.717, 1.165) is 21.1 Å². The number of aliphatic carboxylic acids is 1. The van der Waals surface area contributed by atoms with Crippen LogP contribution in [0, 0.1) is 6.92 Å². The number of benzene rings is 2. The van der Waals surface area contributed by atoms with Crippen molar-refractivity contribution in [2.75, 3.05) is 13.2 Å². The van der Waals surface area contributed by atoms with Gasteiger partial charge >= 0.3 is 12.1 Å². The Kier molecular flexibility index (Phi) is 6.62. The van der Waals surface area contributed by atoms with Crippen LogP contribution in [0.25, 0.3) is 0 Å². The Labute approximate surface area is 194 Å². The van der Waals surface area contributed by atoms with E-state index in [1.807, 2.05) is 37.3 Å². The lowest BCUT2D eigenvalue weighted by atomic mass is 9.97. The Morgan fingerprint density at radius 2 is 2.03 bits per heavy atom. The molecule has 2 heterocycles. The summed E-state index contributed by atoms with van der Waals surface area (Å²) in [5.74, 6) is -0.746. The van der Waals surface area contributed by atoms with Gasteiger partial charge in [-0.05, 0) is 30.7 Å². The second kappa shape index (κ2) is 9.58. The number of halogens is 1. The first-order valence-electron chi connectivity index (χ1n) is 10.00. The van der Waals surface area contributed by atoms with Gasteiger partial charge in [-0.3, -0.25) is 4.90 Å². The van der Waals surface area contributed by atoms with Crippen LogP contribution in [0.15, 0.2) is 48.5 Å². The molecule has 1 amide bonds. The van der Waals surface area contributed by atoms with E-state index in [4.69, 9.17) is 26.2 Å². The molecule has 0 saturated carbocycles. The highest BCUT2D eigenvalue weighted by atomic mass is 35.5. The smallest absolute Gasteiger partial charge is 0.410 e. The minimum absolute atomic E-state index is 0.148. The monoisotopic (exact) mass is 472 g/mol. The molecular formula is C23H21ClN2O5S. The number of ether oxygens (including phenoxy) is 2. The van der Waals surface area contributed by atoms with Crippen molar-refractivity contribution in [1.82, 2.24) is 9.88 Å². The van der Waals surface area contributed by atoms with Crippen LogP contribution in [0.4, 0.5) is 4.79 Å². The molecule has 2 aromatic carbocycles. The summed E-state index contributed by atoms with van der Waals surface area (Å²) in [6.45, 7) is 1.96. The molecule has 1 aliphatic heterocycles. The molecule has 1 aromatic heterocycles. The van der Waals surface area contributed by atoms with E-state index in [1.54, 1.807) is 23.1 Å². The fraction of sp³-hybridized carbons (Fsp3) is 0.261. The van der Waals surface area contributed by atoms with Gasteiger partial charge in [0.2, 0.25) is 0 Å². The largest absolute Gasteiger partial charge is 0.482 e. The molecule has 0 radical (unpaired) electrons. The normalized spacial score (nSPS) is 15.2. The summed E-state index contributed by atoms with van der Waals surface area (Å²) in [5, 5.41) is 10.4. The van der Waals surface area contributed by atoms with Crippen LogP contribution >= 0.6 is 22.9 Å². The van der Waals surface area contributed by atoms with Crippen molar-refractivity contribution in [1.29, 1.82) is 0 Å². The summed E-state index contributed by atoms with van der Waals surface area (Å²) < 4.78 is 11.1. The van der Waals surface area contributed by atoms with Gasteiger partial charge in [0.05, 0.1) is 15.6 Å². The zero-order valence-corrected chi connectivity index (χ0v) is 18.9. The maximum absolute atomic E-state index is 13.2. The van der Waals surface area contributed by atoms with Gasteiger partial charge < -0.3 is 14.6 Å². The topological polar surface area (TPSA) is 89.0 Å². The fourth-order valence-electron chi connectivity index (χ4n) is 3.69. The molecule has 0 fully saturated rings. The van der Waals surface area contributed by atoms with Crippen LogP contribution in [0.2, 0.25) is 5.02 Å². The maximum Gasteiger partial charge on any atom is 0.410 e. The number of thiazole rings is 1. The number of carbonyl (C=O) groups excluding carboxylic acids is 1. The molecule has 0 aliphatic carbocycles. The number of carboxylic acid groups (broad SMARTS) is 1. The summed E-state index contributed by atoms with van der Waals surface area (Å²) in [5.41, 5.74) is 2.39. The van der Waals surface area contributed by atoms with Gasteiger partial charge in [-0.15, -0.1) is 11.3 Å². The lowest BCUT2D eigenvalue weighted by molar-refractivity contribution is -0.139. The zero-order chi connectivity index (χ0) is 22.7. The molecule has 1 atom stereocenters. The molecule has 9 heteroatoms. The first kappa shape index (κ1) is 22.1. The number of rotatable bonds is 6. The van der Waals surface area contributed by atoms with E-state index < -0.39 is 24.7 Å². The second-order valence-corrected chi connectivity index (χ2v) is 8.97. The molecule has 1 N–H and O–H groups in total. The van der Waals surface area contributed by atoms with Crippen LogP contribution in [-0.4, -0.2) is 40.2 Å². The van der Waals surface area contributed by atoms with Crippen molar-refractivity contribution < 1.29 is 24.2 Å². The predicted octanol–water partition coefficient (Wildman–Crippen LogP) is 4.85. The molecule has 166 valence electrons. The number of nitrogens with zero attached hydrogens (tertiary/aromatic N) is 2. The third-order valence-corrected chi connectivity index (χ3v) is 6.34. The van der Waals surface area contributed by atoms with E-state index in [1.165, 1.54) is 11.3 Å². The van der Waals surface area contributed by atoms with Gasteiger partial charge in [0.1, 0.15) is 18.4 Å². The standard InChI is InChI=1S/C23H21ClN2O5S/c1-14-25-18-9-10-26(23(29)31-12-15-5-3-2-4-6-15)21(22(18)32-14)17-11-16(24)7-8-19(17)30-13-20(27)28/h2-8,11,21H,9-10,12-13H2,1H3,(H,27,28)/t21-/m1/s1. The SMILES string of the molecule is Cc1nc2c(s1)[C@@H](c1cc(Cl)ccc1OCC(=O)O)N(C(=O)OCc1ccccc1)CC2. The summed E-state index contributed by atoms with van der Waals surface area (Å²) >= 11 is 7.77. The summed E-state index contributed by atoms with van der Waals surface area (Å²) in [7, 11) is 0. The number of carboxylic acids is 1. The Bertz CT molecular complexity index is 1130. The molecule has 1 aliphatic rings. The number of fused-ring (bicyclic) bond motifs is 1. The Balaban J connectivity index is 1.69. The van der Waals surface area contributed by atoms with Gasteiger partial charge in [-0.2, -0.15) is 0 Å². The molecule has 4 rings (SSSR count). The number of aryl methyl sites for hydroxylation is 1. The van der Waals surface area contributed by atoms with Gasteiger partial charge in [0.25, 0.3) is 0 Å². The lowest BCUT2D eigenvalue weighted by Gasteiger charge is -2.35. The van der Waals surface area contributed by atoms with Gasteiger partial charge in [0, 0.05) is 23.6 Å². The van der Waals surface area contributed by atoms with Crippen molar-refractivity contribution in [3.63, 3.8) is 0 Å². The average molecular weight is 473 g/mol. The van der Waals surface area contributed by atoms with Crippen molar-refractivity contribution in [3.05, 3.63) is 80.3 Å². The van der Waals surface area contributed by atoms with E-state index in [2.05, 4.69) is 4.98 Å². The number of aromatic nitrogens is 1. The quantitative estimate of drug-likeness (QED) is 0.551. The van der Waals surface area contributed by atoms with Crippen molar-refractivity contribution in [3.8, 4) is 5.75 Å². The van der Waals surface area contributed by atoms with E-state index >= 15 is 0 Å². The maximum atomic E-state index is 13.2. The summed E-state index contributed by atoms with van der Waals surface area (Å²) in [4.78, 5) is 31.4. The highest BCUT2D eigenvalue weighted by Crippen LogP contribution is 2.43. The third kappa shape index (κ3) is 4.87. The lowest BCUT2D eigenvalue weighted by Crippen LogP contribution is -2.40. The van der Waals surface area contributed by atoms with Crippen LogP contribution < -0.4 is 4.74 Å². The number of hydrogen-bond acceptors (Lipinski definition) is 6. The molecule has 7 nitrogen and oxygen atoms in total. The van der Waals surface area contributed by atoms with Gasteiger partial charge in [-0.25, -0.2) is 14.6 Å². The second-order valence-electron chi connectivity index (χ2n) is 7.29. The summed E-state index contributed by atoms with van der Waals surface area (Å²) in [6, 6.07) is 13.9.